The molecule has 0 radical (unpaired) electrons. The van der Waals surface area contributed by atoms with Gasteiger partial charge in [0.15, 0.2) is 0 Å². The predicted molar refractivity (Wildman–Crippen MR) is 133 cm³/mol. The van der Waals surface area contributed by atoms with Crippen LogP contribution >= 0.6 is 9.24 Å². The lowest BCUT2D eigenvalue weighted by Gasteiger charge is -2.33. The molecule has 0 amide bonds. The van der Waals surface area contributed by atoms with Crippen molar-refractivity contribution in [1.29, 1.82) is 0 Å². The van der Waals surface area contributed by atoms with Crippen molar-refractivity contribution in [1.82, 2.24) is 5.32 Å². The Morgan fingerprint density at radius 1 is 0.838 bits per heavy atom. The van der Waals surface area contributed by atoms with Crippen LogP contribution < -0.4 is 5.32 Å². The van der Waals surface area contributed by atoms with E-state index >= 15 is 0 Å². The zero-order chi connectivity index (χ0) is 27.4. The van der Waals surface area contributed by atoms with E-state index in [4.69, 9.17) is 0 Å². The Balaban J connectivity index is 2.36. The summed E-state index contributed by atoms with van der Waals surface area (Å²) in [6, 6.07) is 15.5. The van der Waals surface area contributed by atoms with Gasteiger partial charge in [0.05, 0.1) is 17.1 Å². The highest BCUT2D eigenvalue weighted by Gasteiger charge is 2.39. The summed E-state index contributed by atoms with van der Waals surface area (Å²) in [6.45, 7) is 2.75. The number of allylic oxidation sites excluding steroid dienone is 2. The molecular formula is C27H24F7N2P. The van der Waals surface area contributed by atoms with Crippen LogP contribution in [0.15, 0.2) is 89.6 Å². The molecule has 37 heavy (non-hydrogen) atoms. The van der Waals surface area contributed by atoms with Gasteiger partial charge in [0, 0.05) is 6.42 Å². The molecule has 3 aromatic rings. The van der Waals surface area contributed by atoms with Crippen molar-refractivity contribution in [2.24, 2.45) is 4.99 Å². The Bertz CT molecular complexity index is 1280. The lowest BCUT2D eigenvalue weighted by Crippen LogP contribution is -2.35. The summed E-state index contributed by atoms with van der Waals surface area (Å²) in [7, 11) is 1.39. The first kappa shape index (κ1) is 28.4. The number of halogens is 7. The molecule has 1 N–H and O–H groups in total. The van der Waals surface area contributed by atoms with Gasteiger partial charge in [-0.05, 0) is 60.9 Å². The Morgan fingerprint density at radius 3 is 1.97 bits per heavy atom. The molecule has 2 atom stereocenters. The van der Waals surface area contributed by atoms with E-state index in [1.165, 1.54) is 35.2 Å². The molecule has 2 nitrogen and oxygen atoms in total. The maximum absolute atomic E-state index is 14.6. The molecule has 0 heterocycles. The summed E-state index contributed by atoms with van der Waals surface area (Å²) in [4.78, 5) is 4.60. The normalized spacial score (nSPS) is 14.9. The van der Waals surface area contributed by atoms with E-state index in [2.05, 4.69) is 10.3 Å². The first-order valence-electron chi connectivity index (χ1n) is 11.1. The second-order valence-electron chi connectivity index (χ2n) is 8.40. The maximum atomic E-state index is 14.6. The smallest absolute Gasteiger partial charge is 0.343 e. The van der Waals surface area contributed by atoms with Crippen LogP contribution in [0.4, 0.5) is 30.7 Å². The van der Waals surface area contributed by atoms with Crippen LogP contribution in [0.3, 0.4) is 0 Å². The van der Waals surface area contributed by atoms with Crippen LogP contribution in [0.1, 0.15) is 36.1 Å². The van der Waals surface area contributed by atoms with Crippen molar-refractivity contribution >= 4 is 15.1 Å². The van der Waals surface area contributed by atoms with Crippen molar-refractivity contribution in [3.63, 3.8) is 0 Å². The highest BCUT2D eigenvalue weighted by Crippen LogP contribution is 2.41. The number of benzene rings is 3. The fraction of sp³-hybridized carbons (Fsp3) is 0.222. The SMILES string of the molecule is C/C=C(\NC(C)=N[C@](Cc1ccccc1)(c1ccc(F)cc1)c1cc(F)cc(C(F)(F)F)c1)C(F)(F)P. The molecule has 0 bridgehead atoms. The summed E-state index contributed by atoms with van der Waals surface area (Å²) in [5, 5.41) is 2.51. The second-order valence-corrected chi connectivity index (χ2v) is 9.13. The van der Waals surface area contributed by atoms with Gasteiger partial charge in [0.1, 0.15) is 17.2 Å². The summed E-state index contributed by atoms with van der Waals surface area (Å²) in [5.74, 6) is -1.84. The van der Waals surface area contributed by atoms with Crippen LogP contribution in [0.25, 0.3) is 0 Å². The summed E-state index contributed by atoms with van der Waals surface area (Å²) in [5.41, 5.74) is -6.18. The van der Waals surface area contributed by atoms with E-state index < -0.39 is 40.3 Å². The Labute approximate surface area is 212 Å². The first-order chi connectivity index (χ1) is 17.2. The minimum atomic E-state index is -4.87. The van der Waals surface area contributed by atoms with Crippen molar-refractivity contribution in [2.75, 3.05) is 0 Å². The fourth-order valence-electron chi connectivity index (χ4n) is 4.01. The van der Waals surface area contributed by atoms with Crippen molar-refractivity contribution in [3.05, 3.63) is 118 Å². The first-order valence-corrected chi connectivity index (χ1v) is 11.7. The molecule has 1 unspecified atom stereocenters. The molecule has 0 aliphatic carbocycles. The lowest BCUT2D eigenvalue weighted by atomic mass is 9.77. The van der Waals surface area contributed by atoms with Crippen LogP contribution in [-0.4, -0.2) is 11.5 Å². The van der Waals surface area contributed by atoms with E-state index in [0.29, 0.717) is 11.6 Å². The third-order valence-electron chi connectivity index (χ3n) is 5.65. The van der Waals surface area contributed by atoms with E-state index in [9.17, 15) is 30.7 Å². The van der Waals surface area contributed by atoms with Gasteiger partial charge in [-0.1, -0.05) is 57.8 Å². The van der Waals surface area contributed by atoms with Gasteiger partial charge in [-0.25, -0.2) is 8.78 Å². The van der Waals surface area contributed by atoms with Crippen LogP contribution in [-0.2, 0) is 18.1 Å². The second kappa shape index (κ2) is 11.1. The van der Waals surface area contributed by atoms with Crippen LogP contribution in [0, 0.1) is 11.6 Å². The van der Waals surface area contributed by atoms with E-state index in [1.807, 2.05) is 0 Å². The maximum Gasteiger partial charge on any atom is 0.416 e. The Hall–Kier alpha value is -3.19. The average Bonchev–Trinajstić information content (AvgIpc) is 2.81. The van der Waals surface area contributed by atoms with E-state index in [0.717, 1.165) is 30.3 Å². The van der Waals surface area contributed by atoms with Crippen molar-refractivity contribution in [3.8, 4) is 0 Å². The third-order valence-corrected chi connectivity index (χ3v) is 5.96. The highest BCUT2D eigenvalue weighted by atomic mass is 31.0. The molecule has 3 aromatic carbocycles. The molecular weight excluding hydrogens is 516 g/mol. The van der Waals surface area contributed by atoms with Gasteiger partial charge < -0.3 is 5.32 Å². The van der Waals surface area contributed by atoms with E-state index in [1.54, 1.807) is 30.3 Å². The van der Waals surface area contributed by atoms with Gasteiger partial charge in [0.2, 0.25) is 0 Å². The van der Waals surface area contributed by atoms with Crippen LogP contribution in [0.5, 0.6) is 0 Å². The quantitative estimate of drug-likeness (QED) is 0.140. The zero-order valence-corrected chi connectivity index (χ0v) is 21.0. The van der Waals surface area contributed by atoms with Crippen molar-refractivity contribution in [2.45, 2.75) is 37.6 Å². The number of nitrogens with one attached hydrogen (secondary N) is 1. The van der Waals surface area contributed by atoms with Crippen LogP contribution in [0.2, 0.25) is 0 Å². The number of nitrogens with zero attached hydrogens (tertiary/aromatic N) is 1. The zero-order valence-electron chi connectivity index (χ0n) is 19.9. The molecule has 0 fully saturated rings. The Kier molecular flexibility index (Phi) is 8.48. The van der Waals surface area contributed by atoms with Gasteiger partial charge in [-0.2, -0.15) is 22.0 Å². The average molecular weight is 540 g/mol. The number of hydrogen-bond donors (Lipinski definition) is 1. The molecule has 10 heteroatoms. The number of alkyl halides is 5. The molecule has 3 rings (SSSR count). The molecule has 0 aliphatic rings. The minimum absolute atomic E-state index is 0.0756. The monoisotopic (exact) mass is 540 g/mol. The standard InChI is InChI=1S/C27H24F7N2P/c1-3-24(27(33,34)37)35-17(2)36-25(16-18-7-5-4-6-8-18,19-9-11-22(28)12-10-19)20-13-21(26(30,31)32)15-23(29)14-20/h3-15H,16,37H2,1-2H3,(H,35,36)/b24-3-/t25-/m1/s1. The van der Waals surface area contributed by atoms with Crippen molar-refractivity contribution < 1.29 is 30.7 Å². The molecule has 0 saturated carbocycles. The highest BCUT2D eigenvalue weighted by molar-refractivity contribution is 7.18. The number of amidine groups is 1. The predicted octanol–water partition coefficient (Wildman–Crippen LogP) is 7.85. The Morgan fingerprint density at radius 2 is 1.43 bits per heavy atom. The minimum Gasteiger partial charge on any atom is -0.343 e. The fourth-order valence-corrected chi connectivity index (χ4v) is 4.24. The molecule has 0 aromatic heterocycles. The number of aliphatic imine (C=N–C) groups is 1. The molecule has 0 saturated heterocycles. The van der Waals surface area contributed by atoms with Gasteiger partial charge in [-0.15, -0.1) is 0 Å². The van der Waals surface area contributed by atoms with E-state index in [-0.39, 0.29) is 23.4 Å². The van der Waals surface area contributed by atoms with Gasteiger partial charge >= 0.3 is 6.18 Å². The summed E-state index contributed by atoms with van der Waals surface area (Å²) in [6.07, 6.45) is -3.82. The molecule has 196 valence electrons. The third kappa shape index (κ3) is 6.98. The topological polar surface area (TPSA) is 24.4 Å². The molecule has 0 spiro atoms. The number of hydrogen-bond acceptors (Lipinski definition) is 1. The summed E-state index contributed by atoms with van der Waals surface area (Å²) >= 11 is 0. The van der Waals surface area contributed by atoms with Gasteiger partial charge in [-0.3, -0.25) is 4.99 Å². The molecule has 0 aliphatic heterocycles. The summed E-state index contributed by atoms with van der Waals surface area (Å²) < 4.78 is 97.5. The lowest BCUT2D eigenvalue weighted by molar-refractivity contribution is -0.137. The largest absolute Gasteiger partial charge is 0.416 e. The van der Waals surface area contributed by atoms with Gasteiger partial charge in [0.25, 0.3) is 5.66 Å². The number of rotatable bonds is 7.